The molecule has 2 nitrogen and oxygen atoms in total. The van der Waals surface area contributed by atoms with Crippen LogP contribution >= 0.6 is 0 Å². The third-order valence-corrected chi connectivity index (χ3v) is 3.67. The van der Waals surface area contributed by atoms with Crippen LogP contribution in [0.2, 0.25) is 0 Å². The molecule has 0 aliphatic carbocycles. The molecule has 2 rings (SSSR count). The number of nitrogens with zero attached hydrogens (tertiary/aromatic N) is 1. The number of hydrogen-bond acceptors (Lipinski definition) is 2. The lowest BCUT2D eigenvalue weighted by atomic mass is 9.97. The Morgan fingerprint density at radius 3 is 2.75 bits per heavy atom. The quantitative estimate of drug-likeness (QED) is 0.724. The number of anilines is 1. The summed E-state index contributed by atoms with van der Waals surface area (Å²) in [6.45, 7) is 7.81. The molecule has 1 heterocycles. The topological polar surface area (TPSA) is 20.3 Å². The van der Waals surface area contributed by atoms with E-state index in [2.05, 4.69) is 31.7 Å². The monoisotopic (exact) mass is 217 g/mol. The molecular formula is C14H19NO. The van der Waals surface area contributed by atoms with Crippen molar-refractivity contribution in [3.05, 3.63) is 29.3 Å². The summed E-state index contributed by atoms with van der Waals surface area (Å²) in [5, 5.41) is 0. The predicted molar refractivity (Wildman–Crippen MR) is 67.3 cm³/mol. The minimum atomic E-state index is 0.515. The van der Waals surface area contributed by atoms with Gasteiger partial charge in [0, 0.05) is 29.8 Å². The van der Waals surface area contributed by atoms with E-state index in [1.54, 1.807) is 0 Å². The van der Waals surface area contributed by atoms with Gasteiger partial charge < -0.3 is 4.90 Å². The molecule has 2 unspecified atom stereocenters. The van der Waals surface area contributed by atoms with Crippen LogP contribution in [0, 0.1) is 0 Å². The van der Waals surface area contributed by atoms with Gasteiger partial charge in [-0.05, 0) is 37.1 Å². The van der Waals surface area contributed by atoms with Crippen molar-refractivity contribution in [3.8, 4) is 0 Å². The predicted octanol–water partition coefficient (Wildman–Crippen LogP) is 3.22. The molecule has 1 aliphatic rings. The third kappa shape index (κ3) is 1.62. The molecule has 1 aromatic rings. The second-order valence-corrected chi connectivity index (χ2v) is 4.66. The Morgan fingerprint density at radius 1 is 1.38 bits per heavy atom. The van der Waals surface area contributed by atoms with Gasteiger partial charge in [-0.3, -0.25) is 4.79 Å². The van der Waals surface area contributed by atoms with Crippen LogP contribution in [0.15, 0.2) is 18.2 Å². The van der Waals surface area contributed by atoms with E-state index in [0.717, 1.165) is 24.8 Å². The van der Waals surface area contributed by atoms with Crippen LogP contribution in [0.5, 0.6) is 0 Å². The molecule has 16 heavy (non-hydrogen) atoms. The first kappa shape index (κ1) is 11.2. The highest BCUT2D eigenvalue weighted by molar-refractivity contribution is 5.78. The van der Waals surface area contributed by atoms with Crippen molar-refractivity contribution in [1.82, 2.24) is 0 Å². The Balaban J connectivity index is 2.42. The van der Waals surface area contributed by atoms with Crippen LogP contribution in [0.4, 0.5) is 5.69 Å². The summed E-state index contributed by atoms with van der Waals surface area (Å²) in [6.07, 6.45) is 2.09. The van der Waals surface area contributed by atoms with Crippen molar-refractivity contribution in [3.63, 3.8) is 0 Å². The van der Waals surface area contributed by atoms with Crippen LogP contribution in [0.1, 0.15) is 49.0 Å². The van der Waals surface area contributed by atoms with Gasteiger partial charge in [-0.15, -0.1) is 0 Å². The van der Waals surface area contributed by atoms with Gasteiger partial charge in [0.1, 0.15) is 6.29 Å². The molecule has 0 radical (unpaired) electrons. The highest BCUT2D eigenvalue weighted by Gasteiger charge is 2.31. The average Bonchev–Trinajstić information content (AvgIpc) is 2.54. The van der Waals surface area contributed by atoms with Gasteiger partial charge in [0.15, 0.2) is 0 Å². The maximum Gasteiger partial charge on any atom is 0.150 e. The minimum absolute atomic E-state index is 0.515. The largest absolute Gasteiger partial charge is 0.368 e. The van der Waals surface area contributed by atoms with Gasteiger partial charge in [0.05, 0.1) is 0 Å². The fourth-order valence-electron chi connectivity index (χ4n) is 2.59. The zero-order chi connectivity index (χ0) is 11.7. The summed E-state index contributed by atoms with van der Waals surface area (Å²) >= 11 is 0. The number of rotatable bonds is 3. The molecule has 0 N–H and O–H groups in total. The van der Waals surface area contributed by atoms with E-state index in [0.29, 0.717) is 12.0 Å². The maximum atomic E-state index is 10.8. The number of fused-ring (bicyclic) bond motifs is 1. The molecule has 0 spiro atoms. The van der Waals surface area contributed by atoms with E-state index >= 15 is 0 Å². The van der Waals surface area contributed by atoms with Crippen molar-refractivity contribution < 1.29 is 4.79 Å². The summed E-state index contributed by atoms with van der Waals surface area (Å²) in [7, 11) is 0. The summed E-state index contributed by atoms with van der Waals surface area (Å²) in [5.74, 6) is 0.515. The van der Waals surface area contributed by atoms with Gasteiger partial charge in [-0.25, -0.2) is 0 Å². The minimum Gasteiger partial charge on any atom is -0.368 e. The zero-order valence-electron chi connectivity index (χ0n) is 10.2. The standard InChI is InChI=1S/C14H19NO/c1-4-7-15-11(3)10(2)13-8-12(9-16)5-6-14(13)15/h5-6,8-11H,4,7H2,1-3H3. The number of aldehydes is 1. The molecule has 2 atom stereocenters. The summed E-state index contributed by atoms with van der Waals surface area (Å²) in [6, 6.07) is 6.59. The second-order valence-electron chi connectivity index (χ2n) is 4.66. The van der Waals surface area contributed by atoms with Crippen LogP contribution in [0.3, 0.4) is 0 Å². The molecule has 1 aliphatic heterocycles. The molecule has 0 fully saturated rings. The van der Waals surface area contributed by atoms with Crippen molar-refractivity contribution in [2.24, 2.45) is 0 Å². The van der Waals surface area contributed by atoms with Gasteiger partial charge in [-0.1, -0.05) is 13.8 Å². The molecule has 0 saturated heterocycles. The Bertz CT molecular complexity index is 400. The molecular weight excluding hydrogens is 198 g/mol. The number of carbonyl (C=O) groups is 1. The Kier molecular flexibility index (Phi) is 2.99. The summed E-state index contributed by atoms with van der Waals surface area (Å²) in [5.41, 5.74) is 3.43. The first-order valence-electron chi connectivity index (χ1n) is 6.04. The Hall–Kier alpha value is -1.31. The second kappa shape index (κ2) is 4.28. The fourth-order valence-corrected chi connectivity index (χ4v) is 2.59. The smallest absolute Gasteiger partial charge is 0.150 e. The third-order valence-electron chi connectivity index (χ3n) is 3.67. The number of benzene rings is 1. The van der Waals surface area contributed by atoms with Gasteiger partial charge >= 0.3 is 0 Å². The van der Waals surface area contributed by atoms with E-state index in [9.17, 15) is 4.79 Å². The first-order valence-corrected chi connectivity index (χ1v) is 6.04. The van der Waals surface area contributed by atoms with Gasteiger partial charge in [-0.2, -0.15) is 0 Å². The normalized spacial score (nSPS) is 23.3. The molecule has 1 aromatic carbocycles. The van der Waals surface area contributed by atoms with Crippen LogP contribution in [0.25, 0.3) is 0 Å². The molecule has 0 bridgehead atoms. The Labute approximate surface area is 97.3 Å². The van der Waals surface area contributed by atoms with E-state index in [-0.39, 0.29) is 0 Å². The van der Waals surface area contributed by atoms with E-state index in [4.69, 9.17) is 0 Å². The lowest BCUT2D eigenvalue weighted by Gasteiger charge is -2.25. The molecule has 86 valence electrons. The average molecular weight is 217 g/mol. The fraction of sp³-hybridized carbons (Fsp3) is 0.500. The maximum absolute atomic E-state index is 10.8. The summed E-state index contributed by atoms with van der Waals surface area (Å²) in [4.78, 5) is 13.2. The SMILES string of the molecule is CCCN1c2ccc(C=O)cc2C(C)C1C. The van der Waals surface area contributed by atoms with E-state index in [1.165, 1.54) is 11.3 Å². The van der Waals surface area contributed by atoms with Crippen molar-refractivity contribution >= 4 is 12.0 Å². The highest BCUT2D eigenvalue weighted by Crippen LogP contribution is 2.40. The molecule has 0 saturated carbocycles. The van der Waals surface area contributed by atoms with Crippen LogP contribution in [-0.2, 0) is 0 Å². The van der Waals surface area contributed by atoms with Crippen LogP contribution in [-0.4, -0.2) is 18.9 Å². The Morgan fingerprint density at radius 2 is 2.12 bits per heavy atom. The van der Waals surface area contributed by atoms with Gasteiger partial charge in [0.2, 0.25) is 0 Å². The highest BCUT2D eigenvalue weighted by atomic mass is 16.1. The van der Waals surface area contributed by atoms with Crippen molar-refractivity contribution in [2.75, 3.05) is 11.4 Å². The summed E-state index contributed by atoms with van der Waals surface area (Å²) < 4.78 is 0. The number of carbonyl (C=O) groups excluding carboxylic acids is 1. The van der Waals surface area contributed by atoms with Gasteiger partial charge in [0.25, 0.3) is 0 Å². The van der Waals surface area contributed by atoms with E-state index in [1.807, 2.05) is 12.1 Å². The number of hydrogen-bond donors (Lipinski definition) is 0. The molecule has 0 aromatic heterocycles. The lowest BCUT2D eigenvalue weighted by molar-refractivity contribution is 0.112. The van der Waals surface area contributed by atoms with E-state index < -0.39 is 0 Å². The molecule has 2 heteroatoms. The first-order chi connectivity index (χ1) is 7.69. The lowest BCUT2D eigenvalue weighted by Crippen LogP contribution is -2.31. The molecule has 0 amide bonds. The van der Waals surface area contributed by atoms with Crippen molar-refractivity contribution in [1.29, 1.82) is 0 Å². The van der Waals surface area contributed by atoms with Crippen molar-refractivity contribution in [2.45, 2.75) is 39.2 Å². The van der Waals surface area contributed by atoms with Crippen LogP contribution < -0.4 is 4.90 Å². The zero-order valence-corrected chi connectivity index (χ0v) is 10.2.